The summed E-state index contributed by atoms with van der Waals surface area (Å²) in [4.78, 5) is 4.22. The van der Waals surface area contributed by atoms with Crippen LogP contribution >= 0.6 is 0 Å². The van der Waals surface area contributed by atoms with E-state index in [1.165, 1.54) is 0 Å². The van der Waals surface area contributed by atoms with Crippen LogP contribution in [0.3, 0.4) is 0 Å². The van der Waals surface area contributed by atoms with Gasteiger partial charge in [-0.2, -0.15) is 4.98 Å². The number of methoxy groups -OCH3 is 1. The molecule has 2 N–H and O–H groups in total. The molecule has 2 heterocycles. The third-order valence-corrected chi connectivity index (χ3v) is 4.85. The summed E-state index contributed by atoms with van der Waals surface area (Å²) in [6, 6.07) is 0. The first kappa shape index (κ1) is 13.4. The first-order valence-electron chi connectivity index (χ1n) is 5.80. The molecule has 2 atom stereocenters. The van der Waals surface area contributed by atoms with Gasteiger partial charge in [-0.05, 0) is 6.42 Å². The molecule has 8 heteroatoms. The summed E-state index contributed by atoms with van der Waals surface area (Å²) >= 11 is 0. The minimum Gasteiger partial charge on any atom is -0.380 e. The quantitative estimate of drug-likeness (QED) is 0.770. The summed E-state index contributed by atoms with van der Waals surface area (Å²) in [6.07, 6.45) is 0.844. The Morgan fingerprint density at radius 2 is 2.39 bits per heavy atom. The van der Waals surface area contributed by atoms with Gasteiger partial charge in [0.05, 0.1) is 24.0 Å². The molecule has 1 saturated heterocycles. The lowest BCUT2D eigenvalue weighted by molar-refractivity contribution is 0.102. The highest BCUT2D eigenvalue weighted by Gasteiger charge is 2.32. The molecule has 0 radical (unpaired) electrons. The van der Waals surface area contributed by atoms with Gasteiger partial charge in [0, 0.05) is 19.6 Å². The first-order chi connectivity index (χ1) is 8.54. The summed E-state index contributed by atoms with van der Waals surface area (Å²) in [6.45, 7) is 0.367. The zero-order chi connectivity index (χ0) is 13.2. The number of rotatable bonds is 5. The van der Waals surface area contributed by atoms with E-state index in [0.29, 0.717) is 31.1 Å². The van der Waals surface area contributed by atoms with Crippen molar-refractivity contribution in [1.29, 1.82) is 0 Å². The molecule has 18 heavy (non-hydrogen) atoms. The van der Waals surface area contributed by atoms with E-state index in [2.05, 4.69) is 10.1 Å². The Hall–Kier alpha value is -0.990. The highest BCUT2D eigenvalue weighted by atomic mass is 32.2. The fourth-order valence-corrected chi connectivity index (χ4v) is 3.71. The summed E-state index contributed by atoms with van der Waals surface area (Å²) in [7, 11) is -1.37. The molecular formula is C10H17N3O4S. The predicted octanol–water partition coefficient (Wildman–Crippen LogP) is -0.512. The Morgan fingerprint density at radius 3 is 2.94 bits per heavy atom. The predicted molar refractivity (Wildman–Crippen MR) is 63.9 cm³/mol. The maximum absolute atomic E-state index is 11.4. The van der Waals surface area contributed by atoms with Crippen molar-refractivity contribution in [2.75, 3.05) is 25.2 Å². The van der Waals surface area contributed by atoms with Gasteiger partial charge in [0.2, 0.25) is 5.89 Å². The number of nitrogens with zero attached hydrogens (tertiary/aromatic N) is 2. The average molecular weight is 275 g/mol. The molecule has 1 aromatic heterocycles. The van der Waals surface area contributed by atoms with Crippen molar-refractivity contribution in [3.05, 3.63) is 11.7 Å². The Bertz CT molecular complexity index is 495. The lowest BCUT2D eigenvalue weighted by Crippen LogP contribution is -2.24. The van der Waals surface area contributed by atoms with Gasteiger partial charge < -0.3 is 15.0 Å². The Balaban J connectivity index is 2.02. The van der Waals surface area contributed by atoms with Crippen molar-refractivity contribution in [1.82, 2.24) is 10.1 Å². The summed E-state index contributed by atoms with van der Waals surface area (Å²) in [5.41, 5.74) is 5.50. The van der Waals surface area contributed by atoms with Crippen LogP contribution in [0.4, 0.5) is 0 Å². The minimum absolute atomic E-state index is 0.108. The van der Waals surface area contributed by atoms with E-state index < -0.39 is 9.84 Å². The highest BCUT2D eigenvalue weighted by Crippen LogP contribution is 2.26. The molecule has 102 valence electrons. The van der Waals surface area contributed by atoms with E-state index in [-0.39, 0.29) is 23.5 Å². The zero-order valence-electron chi connectivity index (χ0n) is 10.2. The summed E-state index contributed by atoms with van der Waals surface area (Å²) < 4.78 is 32.9. The number of sulfone groups is 1. The molecule has 1 fully saturated rings. The van der Waals surface area contributed by atoms with Crippen LogP contribution in [0.25, 0.3) is 0 Å². The van der Waals surface area contributed by atoms with Gasteiger partial charge in [0.1, 0.15) is 0 Å². The number of nitrogens with two attached hydrogens (primary N) is 1. The van der Waals surface area contributed by atoms with Crippen LogP contribution in [-0.2, 0) is 21.0 Å². The fraction of sp³-hybridized carbons (Fsp3) is 0.800. The molecule has 2 rings (SSSR count). The van der Waals surface area contributed by atoms with Gasteiger partial charge >= 0.3 is 0 Å². The highest BCUT2D eigenvalue weighted by molar-refractivity contribution is 7.91. The van der Waals surface area contributed by atoms with Crippen molar-refractivity contribution in [2.45, 2.75) is 24.9 Å². The number of aromatic nitrogens is 2. The van der Waals surface area contributed by atoms with E-state index in [4.69, 9.17) is 15.0 Å². The van der Waals surface area contributed by atoms with Gasteiger partial charge in [-0.25, -0.2) is 8.42 Å². The Kier molecular flexibility index (Phi) is 3.98. The second kappa shape index (κ2) is 5.33. The normalized spacial score (nSPS) is 24.2. The van der Waals surface area contributed by atoms with Crippen molar-refractivity contribution < 1.29 is 17.7 Å². The topological polar surface area (TPSA) is 108 Å². The van der Waals surface area contributed by atoms with E-state index in [9.17, 15) is 8.42 Å². The molecule has 0 bridgehead atoms. The molecule has 1 aromatic rings. The molecule has 0 spiro atoms. The molecule has 2 unspecified atom stereocenters. The van der Waals surface area contributed by atoms with Gasteiger partial charge in [-0.1, -0.05) is 5.16 Å². The van der Waals surface area contributed by atoms with Crippen molar-refractivity contribution in [2.24, 2.45) is 5.73 Å². The van der Waals surface area contributed by atoms with Crippen molar-refractivity contribution in [3.63, 3.8) is 0 Å². The van der Waals surface area contributed by atoms with Crippen LogP contribution in [0, 0.1) is 0 Å². The van der Waals surface area contributed by atoms with Crippen LogP contribution in [-0.4, -0.2) is 49.8 Å². The molecule has 7 nitrogen and oxygen atoms in total. The fourth-order valence-electron chi connectivity index (χ4n) is 1.97. The molecule has 1 aliphatic rings. The number of ether oxygens (including phenoxy) is 1. The van der Waals surface area contributed by atoms with Crippen molar-refractivity contribution >= 4 is 9.84 Å². The lowest BCUT2D eigenvalue weighted by Gasteiger charge is -2.08. The van der Waals surface area contributed by atoms with E-state index in [1.54, 1.807) is 7.11 Å². The van der Waals surface area contributed by atoms with Crippen LogP contribution in [0.2, 0.25) is 0 Å². The first-order valence-corrected chi connectivity index (χ1v) is 7.62. The Morgan fingerprint density at radius 1 is 1.61 bits per heavy atom. The third kappa shape index (κ3) is 3.06. The van der Waals surface area contributed by atoms with E-state index in [0.717, 1.165) is 0 Å². The maximum atomic E-state index is 11.4. The van der Waals surface area contributed by atoms with Gasteiger partial charge in [0.25, 0.3) is 0 Å². The number of hydrogen-bond donors (Lipinski definition) is 1. The molecule has 0 amide bonds. The maximum Gasteiger partial charge on any atom is 0.229 e. The smallest absolute Gasteiger partial charge is 0.229 e. The van der Waals surface area contributed by atoms with Crippen molar-refractivity contribution in [3.8, 4) is 0 Å². The standard InChI is InChI=1S/C10H17N3O4S/c1-16-8(5-11)4-9-12-10(13-17-9)7-2-3-18(14,15)6-7/h7-8H,2-6,11H2,1H3. The largest absolute Gasteiger partial charge is 0.380 e. The minimum atomic E-state index is -2.93. The van der Waals surface area contributed by atoms with Crippen LogP contribution in [0.15, 0.2) is 4.52 Å². The molecule has 0 saturated carbocycles. The van der Waals surface area contributed by atoms with E-state index >= 15 is 0 Å². The van der Waals surface area contributed by atoms with Gasteiger partial charge in [-0.15, -0.1) is 0 Å². The van der Waals surface area contributed by atoms with Crippen LogP contribution in [0.5, 0.6) is 0 Å². The SMILES string of the molecule is COC(CN)Cc1nc(C2CCS(=O)(=O)C2)no1. The van der Waals surface area contributed by atoms with Crippen LogP contribution in [0.1, 0.15) is 24.1 Å². The second-order valence-electron chi connectivity index (χ2n) is 4.44. The molecule has 0 aromatic carbocycles. The molecule has 0 aliphatic carbocycles. The van der Waals surface area contributed by atoms with E-state index in [1.807, 2.05) is 0 Å². The Labute approximate surface area is 106 Å². The lowest BCUT2D eigenvalue weighted by atomic mass is 10.1. The van der Waals surface area contributed by atoms with Gasteiger partial charge in [-0.3, -0.25) is 0 Å². The average Bonchev–Trinajstić information content (AvgIpc) is 2.92. The molecular weight excluding hydrogens is 258 g/mol. The summed E-state index contributed by atoms with van der Waals surface area (Å²) in [5.74, 6) is 1.07. The summed E-state index contributed by atoms with van der Waals surface area (Å²) in [5, 5.41) is 3.84. The number of hydrogen-bond acceptors (Lipinski definition) is 7. The zero-order valence-corrected chi connectivity index (χ0v) is 11.0. The van der Waals surface area contributed by atoms with Gasteiger partial charge in [0.15, 0.2) is 15.7 Å². The second-order valence-corrected chi connectivity index (χ2v) is 6.67. The van der Waals surface area contributed by atoms with Crippen LogP contribution < -0.4 is 5.73 Å². The monoisotopic (exact) mass is 275 g/mol. The molecule has 1 aliphatic heterocycles. The third-order valence-electron chi connectivity index (χ3n) is 3.08.